The number of aliphatic hydroxyl groups is 1. The fraction of sp³-hybridized carbons (Fsp3) is 0.222. The second-order valence-corrected chi connectivity index (χ2v) is 3.29. The minimum absolute atomic E-state index is 0.347. The van der Waals surface area contributed by atoms with Gasteiger partial charge in [-0.1, -0.05) is 18.2 Å². The quantitative estimate of drug-likeness (QED) is 0.697. The van der Waals surface area contributed by atoms with Crippen LogP contribution in [0.2, 0.25) is 0 Å². The van der Waals surface area contributed by atoms with Crippen LogP contribution >= 0.6 is 11.8 Å². The molecule has 0 amide bonds. The van der Waals surface area contributed by atoms with E-state index in [2.05, 4.69) is 0 Å². The number of aliphatic hydroxyl groups excluding tert-OH is 1. The normalized spacial score (nSPS) is 12.9. The fourth-order valence-corrected chi connectivity index (χ4v) is 1.34. The van der Waals surface area contributed by atoms with Gasteiger partial charge in [-0.15, -0.1) is 11.8 Å². The van der Waals surface area contributed by atoms with E-state index in [1.807, 2.05) is 30.3 Å². The zero-order chi connectivity index (χ0) is 8.10. The molecule has 1 atom stereocenters. The first-order valence-corrected chi connectivity index (χ1v) is 4.40. The van der Waals surface area contributed by atoms with Crippen molar-refractivity contribution in [1.82, 2.24) is 0 Å². The smallest absolute Gasteiger partial charge is 0.0646 e. The molecular formula is C9H11OS. The molecule has 1 N–H and O–H groups in total. The van der Waals surface area contributed by atoms with Crippen molar-refractivity contribution in [2.45, 2.75) is 17.9 Å². The van der Waals surface area contributed by atoms with Crippen molar-refractivity contribution in [2.75, 3.05) is 0 Å². The van der Waals surface area contributed by atoms with Gasteiger partial charge in [0, 0.05) is 10.6 Å². The van der Waals surface area contributed by atoms with Crippen LogP contribution in [0.3, 0.4) is 0 Å². The van der Waals surface area contributed by atoms with Crippen molar-refractivity contribution < 1.29 is 5.11 Å². The Morgan fingerprint density at radius 2 is 2.00 bits per heavy atom. The van der Waals surface area contributed by atoms with Gasteiger partial charge in [0.15, 0.2) is 0 Å². The predicted molar refractivity (Wildman–Crippen MR) is 48.3 cm³/mol. The largest absolute Gasteiger partial charge is 0.392 e. The Bertz CT molecular complexity index is 196. The number of benzene rings is 1. The summed E-state index contributed by atoms with van der Waals surface area (Å²) in [5.41, 5.74) is 0. The predicted octanol–water partition coefficient (Wildman–Crippen LogP) is 2.32. The van der Waals surface area contributed by atoms with Crippen LogP contribution in [0.25, 0.3) is 0 Å². The zero-order valence-electron chi connectivity index (χ0n) is 6.40. The van der Waals surface area contributed by atoms with Crippen LogP contribution in [-0.2, 0) is 0 Å². The summed E-state index contributed by atoms with van der Waals surface area (Å²) < 4.78 is 0. The number of hydrogen-bond acceptors (Lipinski definition) is 2. The Kier molecular flexibility index (Phi) is 3.46. The van der Waals surface area contributed by atoms with Crippen LogP contribution < -0.4 is 0 Å². The Hall–Kier alpha value is -0.470. The van der Waals surface area contributed by atoms with E-state index in [4.69, 9.17) is 5.11 Å². The van der Waals surface area contributed by atoms with Gasteiger partial charge in [-0.3, -0.25) is 0 Å². The van der Waals surface area contributed by atoms with Crippen LogP contribution in [0.15, 0.2) is 35.2 Å². The topological polar surface area (TPSA) is 20.2 Å². The molecule has 1 aromatic rings. The monoisotopic (exact) mass is 167 g/mol. The summed E-state index contributed by atoms with van der Waals surface area (Å²) in [5.74, 6) is 1.80. The fourth-order valence-electron chi connectivity index (χ4n) is 0.676. The van der Waals surface area contributed by atoms with Gasteiger partial charge < -0.3 is 5.11 Å². The molecule has 0 aliphatic carbocycles. The molecule has 0 aliphatic rings. The van der Waals surface area contributed by atoms with E-state index in [1.54, 1.807) is 24.4 Å². The Labute approximate surface area is 71.4 Å². The molecule has 0 aromatic heterocycles. The molecule has 0 spiro atoms. The molecule has 0 saturated heterocycles. The van der Waals surface area contributed by atoms with Crippen LogP contribution in [-0.4, -0.2) is 11.2 Å². The number of rotatable bonds is 3. The van der Waals surface area contributed by atoms with Crippen LogP contribution in [0.4, 0.5) is 0 Å². The second-order valence-electron chi connectivity index (χ2n) is 2.31. The molecule has 0 aliphatic heterocycles. The highest BCUT2D eigenvalue weighted by atomic mass is 32.2. The lowest BCUT2D eigenvalue weighted by atomic mass is 10.4. The molecule has 0 heterocycles. The highest BCUT2D eigenvalue weighted by Crippen LogP contribution is 2.20. The van der Waals surface area contributed by atoms with Crippen LogP contribution in [0.1, 0.15) is 6.92 Å². The summed E-state index contributed by atoms with van der Waals surface area (Å²) in [4.78, 5) is 1.16. The maximum absolute atomic E-state index is 8.94. The molecular weight excluding hydrogens is 156 g/mol. The van der Waals surface area contributed by atoms with E-state index in [9.17, 15) is 0 Å². The molecule has 11 heavy (non-hydrogen) atoms. The molecule has 1 unspecified atom stereocenters. The van der Waals surface area contributed by atoms with Crippen molar-refractivity contribution in [1.29, 1.82) is 0 Å². The zero-order valence-corrected chi connectivity index (χ0v) is 7.21. The minimum atomic E-state index is -0.347. The SMILES string of the molecule is CC(O)[CH]Sc1ccccc1. The summed E-state index contributed by atoms with van der Waals surface area (Å²) >= 11 is 1.55. The summed E-state index contributed by atoms with van der Waals surface area (Å²) in [6.07, 6.45) is -0.347. The summed E-state index contributed by atoms with van der Waals surface area (Å²) in [6.45, 7) is 1.75. The van der Waals surface area contributed by atoms with Gasteiger partial charge in [0.1, 0.15) is 0 Å². The maximum atomic E-state index is 8.94. The highest BCUT2D eigenvalue weighted by Gasteiger charge is 1.96. The molecule has 1 rings (SSSR count). The standard InChI is InChI=1S/C9H11OS/c1-8(10)7-11-9-5-3-2-4-6-9/h2-8,10H,1H3. The van der Waals surface area contributed by atoms with E-state index >= 15 is 0 Å². The molecule has 0 bridgehead atoms. The number of hydrogen-bond donors (Lipinski definition) is 1. The van der Waals surface area contributed by atoms with Gasteiger partial charge in [-0.25, -0.2) is 0 Å². The molecule has 59 valence electrons. The van der Waals surface area contributed by atoms with E-state index in [0.717, 1.165) is 4.90 Å². The van der Waals surface area contributed by atoms with Gasteiger partial charge in [-0.2, -0.15) is 0 Å². The first kappa shape index (κ1) is 8.62. The van der Waals surface area contributed by atoms with E-state index in [-0.39, 0.29) is 6.10 Å². The van der Waals surface area contributed by atoms with Crippen molar-refractivity contribution in [2.24, 2.45) is 0 Å². The van der Waals surface area contributed by atoms with Gasteiger partial charge >= 0.3 is 0 Å². The van der Waals surface area contributed by atoms with Gasteiger partial charge in [0.25, 0.3) is 0 Å². The highest BCUT2D eigenvalue weighted by molar-refractivity contribution is 8.01. The van der Waals surface area contributed by atoms with Gasteiger partial charge in [0.2, 0.25) is 0 Å². The second kappa shape index (κ2) is 4.42. The number of thioether (sulfide) groups is 1. The molecule has 0 saturated carbocycles. The lowest BCUT2D eigenvalue weighted by molar-refractivity contribution is 0.237. The average Bonchev–Trinajstić information content (AvgIpc) is 2.03. The van der Waals surface area contributed by atoms with Crippen molar-refractivity contribution in [3.63, 3.8) is 0 Å². The third kappa shape index (κ3) is 3.44. The molecule has 1 nitrogen and oxygen atoms in total. The molecule has 2 heteroatoms. The third-order valence-corrected chi connectivity index (χ3v) is 2.22. The Morgan fingerprint density at radius 1 is 1.36 bits per heavy atom. The lowest BCUT2D eigenvalue weighted by Crippen LogP contribution is -1.95. The minimum Gasteiger partial charge on any atom is -0.392 e. The van der Waals surface area contributed by atoms with Gasteiger partial charge in [-0.05, 0) is 19.1 Å². The van der Waals surface area contributed by atoms with Crippen molar-refractivity contribution >= 4 is 11.8 Å². The molecule has 1 radical (unpaired) electrons. The maximum Gasteiger partial charge on any atom is 0.0646 e. The van der Waals surface area contributed by atoms with Crippen LogP contribution in [0.5, 0.6) is 0 Å². The third-order valence-electron chi connectivity index (χ3n) is 1.14. The van der Waals surface area contributed by atoms with E-state index in [1.165, 1.54) is 0 Å². The average molecular weight is 167 g/mol. The van der Waals surface area contributed by atoms with E-state index < -0.39 is 0 Å². The summed E-state index contributed by atoms with van der Waals surface area (Å²) in [5, 5.41) is 8.94. The Balaban J connectivity index is 2.39. The molecule has 0 fully saturated rings. The van der Waals surface area contributed by atoms with Gasteiger partial charge in [0.05, 0.1) is 6.10 Å². The van der Waals surface area contributed by atoms with E-state index in [0.29, 0.717) is 0 Å². The Morgan fingerprint density at radius 3 is 2.55 bits per heavy atom. The van der Waals surface area contributed by atoms with Crippen molar-refractivity contribution in [3.05, 3.63) is 36.1 Å². The van der Waals surface area contributed by atoms with Crippen molar-refractivity contribution in [3.8, 4) is 0 Å². The first-order valence-electron chi connectivity index (χ1n) is 3.52. The lowest BCUT2D eigenvalue weighted by Gasteiger charge is -2.01. The molecule has 1 aromatic carbocycles. The van der Waals surface area contributed by atoms with Crippen LogP contribution in [0, 0.1) is 5.75 Å². The summed E-state index contributed by atoms with van der Waals surface area (Å²) in [6, 6.07) is 9.98. The first-order chi connectivity index (χ1) is 5.29. The summed E-state index contributed by atoms with van der Waals surface area (Å²) in [7, 11) is 0.